The van der Waals surface area contributed by atoms with Crippen molar-refractivity contribution in [3.63, 3.8) is 0 Å². The number of nitrogens with zero attached hydrogens (tertiary/aromatic N) is 1. The van der Waals surface area contributed by atoms with Crippen LogP contribution in [-0.4, -0.2) is 30.7 Å². The molecule has 0 heterocycles. The van der Waals surface area contributed by atoms with E-state index in [0.717, 1.165) is 10.0 Å². The first-order valence-electron chi connectivity index (χ1n) is 11.8. The molecule has 1 unspecified atom stereocenters. The molecule has 2 N–H and O–H groups in total. The molecular formula is C28H29BrClN3O4. The van der Waals surface area contributed by atoms with E-state index in [9.17, 15) is 9.59 Å². The minimum absolute atomic E-state index is 0.154. The van der Waals surface area contributed by atoms with Crippen LogP contribution < -0.4 is 20.2 Å². The number of rotatable bonds is 11. The highest BCUT2D eigenvalue weighted by molar-refractivity contribution is 9.10. The Morgan fingerprint density at radius 1 is 1.00 bits per heavy atom. The molecule has 0 aliphatic rings. The molecule has 0 aromatic heterocycles. The molecule has 0 aliphatic carbocycles. The lowest BCUT2D eigenvalue weighted by Gasteiger charge is -2.20. The van der Waals surface area contributed by atoms with Gasteiger partial charge in [0.15, 0.2) is 11.5 Å². The van der Waals surface area contributed by atoms with E-state index in [1.807, 2.05) is 51.1 Å². The lowest BCUT2D eigenvalue weighted by Crippen LogP contribution is -2.48. The number of amides is 2. The average molecular weight is 587 g/mol. The second-order valence-corrected chi connectivity index (χ2v) is 9.84. The van der Waals surface area contributed by atoms with E-state index in [2.05, 4.69) is 31.8 Å². The molecule has 0 radical (unpaired) electrons. The summed E-state index contributed by atoms with van der Waals surface area (Å²) >= 11 is 9.31. The summed E-state index contributed by atoms with van der Waals surface area (Å²) in [6.07, 6.45) is 1.51. The van der Waals surface area contributed by atoms with Crippen LogP contribution in [0.1, 0.15) is 42.3 Å². The summed E-state index contributed by atoms with van der Waals surface area (Å²) in [4.78, 5) is 25.3. The van der Waals surface area contributed by atoms with Crippen molar-refractivity contribution >= 4 is 45.6 Å². The highest BCUT2D eigenvalue weighted by Crippen LogP contribution is 2.29. The molecule has 0 saturated heterocycles. The minimum Gasteiger partial charge on any atom is -0.490 e. The molecule has 1 atom stereocenters. The van der Waals surface area contributed by atoms with Crippen LogP contribution in [0.5, 0.6) is 11.5 Å². The number of carbonyl (C=O) groups excluding carboxylic acids is 2. The van der Waals surface area contributed by atoms with E-state index in [4.69, 9.17) is 21.1 Å². The second kappa shape index (κ2) is 13.8. The fraction of sp³-hybridized carbons (Fsp3) is 0.250. The van der Waals surface area contributed by atoms with Gasteiger partial charge in [-0.3, -0.25) is 9.59 Å². The van der Waals surface area contributed by atoms with E-state index in [-0.39, 0.29) is 11.8 Å². The molecule has 2 amide bonds. The normalized spacial score (nSPS) is 11.8. The Balaban J connectivity index is 1.62. The van der Waals surface area contributed by atoms with E-state index in [1.54, 1.807) is 36.4 Å². The van der Waals surface area contributed by atoms with Gasteiger partial charge in [-0.1, -0.05) is 53.5 Å². The minimum atomic E-state index is -0.770. The molecule has 0 bridgehead atoms. The number of benzene rings is 3. The Bertz CT molecular complexity index is 1230. The zero-order valence-electron chi connectivity index (χ0n) is 20.8. The maximum Gasteiger partial charge on any atom is 0.262 e. The zero-order valence-corrected chi connectivity index (χ0v) is 23.2. The number of ether oxygens (including phenoxy) is 2. The average Bonchev–Trinajstić information content (AvgIpc) is 2.88. The molecule has 3 aromatic carbocycles. The Hall–Kier alpha value is -3.36. The Kier molecular flexibility index (Phi) is 10.5. The molecule has 7 nitrogen and oxygen atoms in total. The van der Waals surface area contributed by atoms with Gasteiger partial charge in [0.2, 0.25) is 0 Å². The highest BCUT2D eigenvalue weighted by Gasteiger charge is 2.24. The second-order valence-electron chi connectivity index (χ2n) is 8.49. The summed E-state index contributed by atoms with van der Waals surface area (Å²) in [5, 5.41) is 7.36. The van der Waals surface area contributed by atoms with Crippen LogP contribution in [0.3, 0.4) is 0 Å². The Morgan fingerprint density at radius 3 is 2.35 bits per heavy atom. The smallest absolute Gasteiger partial charge is 0.262 e. The summed E-state index contributed by atoms with van der Waals surface area (Å²) in [7, 11) is 0. The molecule has 0 aliphatic heterocycles. The van der Waals surface area contributed by atoms with Crippen LogP contribution in [0.15, 0.2) is 76.3 Å². The van der Waals surface area contributed by atoms with Crippen LogP contribution in [-0.2, 0) is 11.4 Å². The molecule has 0 spiro atoms. The molecular weight excluding hydrogens is 558 g/mol. The predicted octanol–water partition coefficient (Wildman–Crippen LogP) is 5.98. The summed E-state index contributed by atoms with van der Waals surface area (Å²) in [6.45, 7) is 6.45. The topological polar surface area (TPSA) is 89.0 Å². The SMILES string of the molecule is CCOc1cc(/C=N\NC(=O)C(NC(=O)c2ccc(Cl)cc2)C(C)C)ccc1OCc1ccc(Br)cc1. The van der Waals surface area contributed by atoms with Crippen molar-refractivity contribution in [2.24, 2.45) is 11.0 Å². The van der Waals surface area contributed by atoms with Gasteiger partial charge < -0.3 is 14.8 Å². The Morgan fingerprint density at radius 2 is 1.70 bits per heavy atom. The highest BCUT2D eigenvalue weighted by atomic mass is 79.9. The molecule has 0 fully saturated rings. The zero-order chi connectivity index (χ0) is 26.8. The van der Waals surface area contributed by atoms with E-state index < -0.39 is 11.9 Å². The molecule has 194 valence electrons. The largest absolute Gasteiger partial charge is 0.490 e. The summed E-state index contributed by atoms with van der Waals surface area (Å²) in [5.41, 5.74) is 4.67. The molecule has 0 saturated carbocycles. The first-order valence-corrected chi connectivity index (χ1v) is 13.0. The van der Waals surface area contributed by atoms with Gasteiger partial charge in [0, 0.05) is 15.1 Å². The van der Waals surface area contributed by atoms with Gasteiger partial charge in [-0.05, 0) is 78.6 Å². The fourth-order valence-electron chi connectivity index (χ4n) is 3.33. The summed E-state index contributed by atoms with van der Waals surface area (Å²) in [5.74, 6) is 0.238. The van der Waals surface area contributed by atoms with Crippen molar-refractivity contribution in [3.05, 3.63) is 92.9 Å². The van der Waals surface area contributed by atoms with Crippen molar-refractivity contribution in [2.75, 3.05) is 6.61 Å². The van der Waals surface area contributed by atoms with Crippen molar-refractivity contribution in [1.82, 2.24) is 10.7 Å². The quantitative estimate of drug-likeness (QED) is 0.214. The van der Waals surface area contributed by atoms with Gasteiger partial charge in [0.1, 0.15) is 12.6 Å². The third-order valence-corrected chi connectivity index (χ3v) is 6.09. The fourth-order valence-corrected chi connectivity index (χ4v) is 3.73. The van der Waals surface area contributed by atoms with Gasteiger partial charge >= 0.3 is 0 Å². The molecule has 37 heavy (non-hydrogen) atoms. The van der Waals surface area contributed by atoms with Gasteiger partial charge in [0.25, 0.3) is 11.8 Å². The summed E-state index contributed by atoms with van der Waals surface area (Å²) in [6, 6.07) is 19.0. The van der Waals surface area contributed by atoms with E-state index in [0.29, 0.717) is 40.9 Å². The van der Waals surface area contributed by atoms with Crippen molar-refractivity contribution in [1.29, 1.82) is 0 Å². The van der Waals surface area contributed by atoms with Gasteiger partial charge in [-0.25, -0.2) is 5.43 Å². The number of nitrogens with one attached hydrogen (secondary N) is 2. The lowest BCUT2D eigenvalue weighted by molar-refractivity contribution is -0.123. The first-order chi connectivity index (χ1) is 17.8. The summed E-state index contributed by atoms with van der Waals surface area (Å²) < 4.78 is 12.7. The third kappa shape index (κ3) is 8.61. The number of hydrazone groups is 1. The number of carbonyl (C=O) groups is 2. The Labute approximate surface area is 230 Å². The van der Waals surface area contributed by atoms with Gasteiger partial charge in [-0.2, -0.15) is 5.10 Å². The lowest BCUT2D eigenvalue weighted by atomic mass is 10.0. The number of hydrogen-bond donors (Lipinski definition) is 2. The predicted molar refractivity (Wildman–Crippen MR) is 149 cm³/mol. The van der Waals surface area contributed by atoms with E-state index >= 15 is 0 Å². The number of halogens is 2. The monoisotopic (exact) mass is 585 g/mol. The van der Waals surface area contributed by atoms with Crippen molar-refractivity contribution in [2.45, 2.75) is 33.4 Å². The molecule has 3 rings (SSSR count). The van der Waals surface area contributed by atoms with Gasteiger partial charge in [0.05, 0.1) is 12.8 Å². The van der Waals surface area contributed by atoms with Crippen LogP contribution >= 0.6 is 27.5 Å². The first kappa shape index (κ1) is 28.2. The van der Waals surface area contributed by atoms with Crippen LogP contribution in [0.2, 0.25) is 5.02 Å². The molecule has 3 aromatic rings. The maximum absolute atomic E-state index is 12.8. The van der Waals surface area contributed by atoms with E-state index in [1.165, 1.54) is 6.21 Å². The van der Waals surface area contributed by atoms with Crippen molar-refractivity contribution < 1.29 is 19.1 Å². The number of hydrogen-bond acceptors (Lipinski definition) is 5. The third-order valence-electron chi connectivity index (χ3n) is 5.31. The standard InChI is InChI=1S/C28H29BrClN3O4/c1-4-36-25-15-20(7-14-24(25)37-17-19-5-10-22(29)11-6-19)16-31-33-28(35)26(18(2)3)32-27(34)21-8-12-23(30)13-9-21/h5-16,18,26H,4,17H2,1-3H3,(H,32,34)(H,33,35)/b31-16-. The molecule has 9 heteroatoms. The van der Waals surface area contributed by atoms with Crippen LogP contribution in [0, 0.1) is 5.92 Å². The van der Waals surface area contributed by atoms with Crippen LogP contribution in [0.4, 0.5) is 0 Å². The van der Waals surface area contributed by atoms with Crippen molar-refractivity contribution in [3.8, 4) is 11.5 Å². The van der Waals surface area contributed by atoms with Gasteiger partial charge in [-0.15, -0.1) is 0 Å². The maximum atomic E-state index is 12.8. The van der Waals surface area contributed by atoms with Crippen LogP contribution in [0.25, 0.3) is 0 Å².